The zero-order valence-electron chi connectivity index (χ0n) is 14.6. The van der Waals surface area contributed by atoms with Crippen LogP contribution in [0.2, 0.25) is 5.02 Å². The predicted octanol–water partition coefficient (Wildman–Crippen LogP) is 5.37. The first-order valence-electron chi connectivity index (χ1n) is 8.26. The van der Waals surface area contributed by atoms with Gasteiger partial charge in [-0.3, -0.25) is 4.79 Å². The van der Waals surface area contributed by atoms with E-state index in [2.05, 4.69) is 18.4 Å². The minimum Gasteiger partial charge on any atom is -0.345 e. The number of hydrogen-bond acceptors (Lipinski definition) is 1. The molecule has 6 heteroatoms. The quantitative estimate of drug-likeness (QED) is 0.573. The van der Waals surface area contributed by atoms with Gasteiger partial charge in [0.05, 0.1) is 6.54 Å². The molecule has 0 fully saturated rings. The molecule has 25 heavy (non-hydrogen) atoms. The molecule has 0 bridgehead atoms. The van der Waals surface area contributed by atoms with Crippen LogP contribution in [-0.2, 0) is 17.9 Å². The van der Waals surface area contributed by atoms with Gasteiger partial charge >= 0.3 is 0 Å². The summed E-state index contributed by atoms with van der Waals surface area (Å²) in [4.78, 5) is 13.2. The first-order valence-corrected chi connectivity index (χ1v) is 9.51. The fourth-order valence-electron chi connectivity index (χ4n) is 2.66. The summed E-state index contributed by atoms with van der Waals surface area (Å²) in [6, 6.07) is 11.8. The topological polar surface area (TPSA) is 25.2 Å². The van der Waals surface area contributed by atoms with E-state index in [0.717, 1.165) is 11.3 Å². The van der Waals surface area contributed by atoms with Crippen molar-refractivity contribution in [1.82, 2.24) is 9.47 Å². The van der Waals surface area contributed by atoms with Crippen molar-refractivity contribution < 1.29 is 4.79 Å². The van der Waals surface area contributed by atoms with E-state index in [1.54, 1.807) is 4.90 Å². The van der Waals surface area contributed by atoms with E-state index < -0.39 is 4.84 Å². The maximum absolute atomic E-state index is 12.5. The molecule has 1 unspecified atom stereocenters. The van der Waals surface area contributed by atoms with E-state index in [-0.39, 0.29) is 11.9 Å². The Labute approximate surface area is 164 Å². The van der Waals surface area contributed by atoms with Crippen molar-refractivity contribution in [3.05, 3.63) is 58.9 Å². The van der Waals surface area contributed by atoms with Gasteiger partial charge in [-0.15, -0.1) is 0 Å². The highest BCUT2D eigenvalue weighted by Gasteiger charge is 2.27. The number of benzene rings is 1. The zero-order valence-corrected chi connectivity index (χ0v) is 16.9. The lowest BCUT2D eigenvalue weighted by Gasteiger charge is -2.32. The van der Waals surface area contributed by atoms with E-state index >= 15 is 0 Å². The smallest absolute Gasteiger partial charge is 0.256 e. The zero-order chi connectivity index (χ0) is 18.6. The summed E-state index contributed by atoms with van der Waals surface area (Å²) >= 11 is 17.8. The maximum atomic E-state index is 12.5. The second-order valence-electron chi connectivity index (χ2n) is 6.51. The first-order chi connectivity index (χ1) is 11.8. The van der Waals surface area contributed by atoms with Crippen LogP contribution in [0.25, 0.3) is 0 Å². The second-order valence-corrected chi connectivity index (χ2v) is 8.04. The summed E-state index contributed by atoms with van der Waals surface area (Å²) in [5.74, 6) is 0.0346. The Kier molecular flexibility index (Phi) is 7.24. The molecule has 1 aromatic carbocycles. The monoisotopic (exact) mass is 400 g/mol. The lowest BCUT2D eigenvalue weighted by molar-refractivity contribution is -0.133. The predicted molar refractivity (Wildman–Crippen MR) is 105 cm³/mol. The number of hydrogen-bond donors (Lipinski definition) is 0. The summed E-state index contributed by atoms with van der Waals surface area (Å²) in [5.41, 5.74) is 2.13. The van der Waals surface area contributed by atoms with Gasteiger partial charge in [-0.25, -0.2) is 0 Å². The maximum Gasteiger partial charge on any atom is 0.256 e. The number of halogens is 3. The van der Waals surface area contributed by atoms with Gasteiger partial charge in [0.15, 0.2) is 4.84 Å². The molecule has 0 saturated heterocycles. The molecule has 1 heterocycles. The standard InChI is InChI=1S/C19H23Cl3N2O/c1-13(2)14(3)24(19(25)18(21)22)12-17-8-5-9-23(17)11-15-6-4-7-16(20)10-15/h4-10,13-14,18H,11-12H2,1-3H3. The van der Waals surface area contributed by atoms with E-state index in [1.807, 2.05) is 49.5 Å². The number of rotatable bonds is 7. The van der Waals surface area contributed by atoms with Gasteiger partial charge in [0, 0.05) is 29.5 Å². The van der Waals surface area contributed by atoms with Crippen LogP contribution in [0, 0.1) is 5.92 Å². The van der Waals surface area contributed by atoms with Crippen molar-refractivity contribution in [2.45, 2.75) is 44.7 Å². The Balaban J connectivity index is 2.23. The van der Waals surface area contributed by atoms with Crippen molar-refractivity contribution in [1.29, 1.82) is 0 Å². The van der Waals surface area contributed by atoms with Gasteiger partial charge in [-0.1, -0.05) is 60.8 Å². The highest BCUT2D eigenvalue weighted by Crippen LogP contribution is 2.20. The van der Waals surface area contributed by atoms with Crippen LogP contribution in [0.1, 0.15) is 32.0 Å². The molecule has 1 amide bonds. The van der Waals surface area contributed by atoms with Crippen molar-refractivity contribution in [2.24, 2.45) is 5.92 Å². The highest BCUT2D eigenvalue weighted by molar-refractivity contribution is 6.53. The van der Waals surface area contributed by atoms with Crippen LogP contribution in [0.4, 0.5) is 0 Å². The van der Waals surface area contributed by atoms with E-state index in [9.17, 15) is 4.79 Å². The average molecular weight is 402 g/mol. The van der Waals surface area contributed by atoms with Crippen molar-refractivity contribution in [2.75, 3.05) is 0 Å². The second kappa shape index (κ2) is 8.98. The van der Waals surface area contributed by atoms with Crippen LogP contribution in [-0.4, -0.2) is 26.3 Å². The minimum atomic E-state index is -1.06. The van der Waals surface area contributed by atoms with Crippen LogP contribution in [0.5, 0.6) is 0 Å². The summed E-state index contributed by atoms with van der Waals surface area (Å²) in [5, 5.41) is 0.712. The first kappa shape index (κ1) is 20.2. The summed E-state index contributed by atoms with van der Waals surface area (Å²) < 4.78 is 2.11. The Bertz CT molecular complexity index is 712. The number of nitrogens with zero attached hydrogens (tertiary/aromatic N) is 2. The number of amides is 1. The number of carbonyl (C=O) groups is 1. The van der Waals surface area contributed by atoms with Crippen LogP contribution in [0.15, 0.2) is 42.6 Å². The van der Waals surface area contributed by atoms with Gasteiger partial charge in [-0.05, 0) is 42.7 Å². The van der Waals surface area contributed by atoms with Crippen molar-refractivity contribution in [3.63, 3.8) is 0 Å². The van der Waals surface area contributed by atoms with Gasteiger partial charge in [0.1, 0.15) is 0 Å². The lowest BCUT2D eigenvalue weighted by Crippen LogP contribution is -2.43. The van der Waals surface area contributed by atoms with Gasteiger partial charge in [-0.2, -0.15) is 0 Å². The molecule has 0 N–H and O–H groups in total. The van der Waals surface area contributed by atoms with Crippen LogP contribution >= 0.6 is 34.8 Å². The van der Waals surface area contributed by atoms with Crippen LogP contribution < -0.4 is 0 Å². The number of carbonyl (C=O) groups excluding carboxylic acids is 1. The SMILES string of the molecule is CC(C)C(C)N(Cc1cccn1Cc1cccc(Cl)c1)C(=O)C(Cl)Cl. The van der Waals surface area contributed by atoms with Gasteiger partial charge < -0.3 is 9.47 Å². The Morgan fingerprint density at radius 3 is 2.48 bits per heavy atom. The van der Waals surface area contributed by atoms with E-state index in [4.69, 9.17) is 34.8 Å². The molecule has 2 rings (SSSR count). The largest absolute Gasteiger partial charge is 0.345 e. The van der Waals surface area contributed by atoms with Crippen molar-refractivity contribution in [3.8, 4) is 0 Å². The highest BCUT2D eigenvalue weighted by atomic mass is 35.5. The normalized spacial score (nSPS) is 12.6. The van der Waals surface area contributed by atoms with E-state index in [0.29, 0.717) is 24.0 Å². The molecular formula is C19H23Cl3N2O. The molecule has 0 radical (unpaired) electrons. The molecule has 1 atom stereocenters. The van der Waals surface area contributed by atoms with E-state index in [1.165, 1.54) is 0 Å². The Morgan fingerprint density at radius 1 is 1.16 bits per heavy atom. The summed E-state index contributed by atoms with van der Waals surface area (Å²) in [6.45, 7) is 7.32. The summed E-state index contributed by atoms with van der Waals surface area (Å²) in [6.07, 6.45) is 2.00. The third-order valence-corrected chi connectivity index (χ3v) is 5.03. The van der Waals surface area contributed by atoms with Crippen molar-refractivity contribution >= 4 is 40.7 Å². The fourth-order valence-corrected chi connectivity index (χ4v) is 3.13. The van der Waals surface area contributed by atoms with Gasteiger partial charge in [0.25, 0.3) is 5.91 Å². The molecular weight excluding hydrogens is 379 g/mol. The fraction of sp³-hybridized carbons (Fsp3) is 0.421. The molecule has 0 saturated carbocycles. The molecule has 0 aliphatic heterocycles. The van der Waals surface area contributed by atoms with Gasteiger partial charge in [0.2, 0.25) is 0 Å². The lowest BCUT2D eigenvalue weighted by atomic mass is 10.0. The third-order valence-electron chi connectivity index (χ3n) is 4.42. The Morgan fingerprint density at radius 2 is 1.88 bits per heavy atom. The molecule has 3 nitrogen and oxygen atoms in total. The molecule has 1 aromatic heterocycles. The minimum absolute atomic E-state index is 0.0296. The molecule has 0 aliphatic carbocycles. The average Bonchev–Trinajstić information content (AvgIpc) is 2.98. The molecule has 0 aliphatic rings. The Hall–Kier alpha value is -1.16. The molecule has 0 spiro atoms. The number of aromatic nitrogens is 1. The molecule has 2 aromatic rings. The third kappa shape index (κ3) is 5.40. The summed E-state index contributed by atoms with van der Waals surface area (Å²) in [7, 11) is 0. The molecule has 136 valence electrons. The number of alkyl halides is 2. The van der Waals surface area contributed by atoms with Crippen LogP contribution in [0.3, 0.4) is 0 Å².